The molecule has 1 atom stereocenters. The fourth-order valence-corrected chi connectivity index (χ4v) is 6.14. The average molecular weight is 584 g/mol. The summed E-state index contributed by atoms with van der Waals surface area (Å²) in [7, 11) is -4.15. The predicted molar refractivity (Wildman–Crippen MR) is 161 cm³/mol. The van der Waals surface area contributed by atoms with Crippen LogP contribution in [0.4, 0.5) is 5.69 Å². The van der Waals surface area contributed by atoms with Gasteiger partial charge in [-0.2, -0.15) is 0 Å². The Kier molecular flexibility index (Phi) is 11.2. The molecule has 0 aliphatic rings. The summed E-state index contributed by atoms with van der Waals surface area (Å²) in [4.78, 5) is 29.0. The molecule has 7 nitrogen and oxygen atoms in total. The SMILES string of the molecule is CCCCNC(=O)C(CC)N(Cc1ccccc1C)C(=O)CN(c1cc(Cl)ccc1C)S(=O)(=O)c1ccccc1. The lowest BCUT2D eigenvalue weighted by Gasteiger charge is -2.34. The summed E-state index contributed by atoms with van der Waals surface area (Å²) in [6, 6.07) is 19.8. The summed E-state index contributed by atoms with van der Waals surface area (Å²) in [6.45, 7) is 7.78. The van der Waals surface area contributed by atoms with Crippen LogP contribution >= 0.6 is 11.6 Å². The van der Waals surface area contributed by atoms with E-state index >= 15 is 0 Å². The average Bonchev–Trinajstić information content (AvgIpc) is 2.94. The third-order valence-corrected chi connectivity index (χ3v) is 8.88. The van der Waals surface area contributed by atoms with Crippen LogP contribution in [0.25, 0.3) is 0 Å². The first kappa shape index (κ1) is 31.2. The molecule has 0 spiro atoms. The minimum atomic E-state index is -4.15. The molecule has 40 heavy (non-hydrogen) atoms. The summed E-state index contributed by atoms with van der Waals surface area (Å²) in [5.41, 5.74) is 2.81. The molecule has 2 amide bonds. The van der Waals surface area contributed by atoms with Gasteiger partial charge in [0.15, 0.2) is 0 Å². The van der Waals surface area contributed by atoms with Crippen molar-refractivity contribution < 1.29 is 18.0 Å². The van der Waals surface area contributed by atoms with Gasteiger partial charge in [-0.05, 0) is 67.6 Å². The Hall–Kier alpha value is -3.36. The van der Waals surface area contributed by atoms with Crippen LogP contribution in [0.2, 0.25) is 5.02 Å². The number of amides is 2. The Bertz CT molecular complexity index is 1410. The van der Waals surface area contributed by atoms with Crippen LogP contribution in [0.15, 0.2) is 77.7 Å². The van der Waals surface area contributed by atoms with Crippen LogP contribution < -0.4 is 9.62 Å². The number of sulfonamides is 1. The molecule has 0 saturated heterocycles. The van der Waals surface area contributed by atoms with Crippen LogP contribution in [-0.2, 0) is 26.2 Å². The maximum atomic E-state index is 14.2. The molecule has 0 fully saturated rings. The fraction of sp³-hybridized carbons (Fsp3) is 0.355. The lowest BCUT2D eigenvalue weighted by molar-refractivity contribution is -0.140. The summed E-state index contributed by atoms with van der Waals surface area (Å²) in [5.74, 6) is -0.742. The van der Waals surface area contributed by atoms with Gasteiger partial charge in [0, 0.05) is 18.1 Å². The zero-order chi connectivity index (χ0) is 29.3. The van der Waals surface area contributed by atoms with Gasteiger partial charge in [-0.1, -0.05) is 80.4 Å². The number of carbonyl (C=O) groups excluding carboxylic acids is 2. The van der Waals surface area contributed by atoms with Crippen molar-refractivity contribution in [1.29, 1.82) is 0 Å². The number of benzene rings is 3. The third kappa shape index (κ3) is 7.64. The van der Waals surface area contributed by atoms with Crippen LogP contribution in [0, 0.1) is 13.8 Å². The second-order valence-electron chi connectivity index (χ2n) is 9.77. The smallest absolute Gasteiger partial charge is 0.264 e. The second kappa shape index (κ2) is 14.3. The topological polar surface area (TPSA) is 86.8 Å². The number of carbonyl (C=O) groups is 2. The molecule has 0 heterocycles. The van der Waals surface area contributed by atoms with Gasteiger partial charge in [0.25, 0.3) is 10.0 Å². The van der Waals surface area contributed by atoms with Crippen LogP contribution in [-0.4, -0.2) is 44.3 Å². The van der Waals surface area contributed by atoms with Gasteiger partial charge < -0.3 is 10.2 Å². The number of hydrogen-bond donors (Lipinski definition) is 1. The summed E-state index contributed by atoms with van der Waals surface area (Å²) in [5, 5.41) is 3.29. The number of halogens is 1. The molecule has 3 rings (SSSR count). The van der Waals surface area contributed by atoms with E-state index in [0.29, 0.717) is 29.2 Å². The number of anilines is 1. The first-order valence-electron chi connectivity index (χ1n) is 13.6. The van der Waals surface area contributed by atoms with Crippen molar-refractivity contribution in [2.45, 2.75) is 64.4 Å². The number of nitrogens with zero attached hydrogens (tertiary/aromatic N) is 2. The van der Waals surface area contributed by atoms with Gasteiger partial charge in [0.2, 0.25) is 11.8 Å². The molecule has 0 aliphatic carbocycles. The van der Waals surface area contributed by atoms with E-state index in [1.165, 1.54) is 17.0 Å². The molecule has 1 unspecified atom stereocenters. The van der Waals surface area contributed by atoms with Crippen molar-refractivity contribution in [3.8, 4) is 0 Å². The Morgan fingerprint density at radius 2 is 1.60 bits per heavy atom. The Morgan fingerprint density at radius 3 is 2.25 bits per heavy atom. The van der Waals surface area contributed by atoms with Crippen molar-refractivity contribution >= 4 is 39.1 Å². The normalized spacial score (nSPS) is 12.0. The first-order chi connectivity index (χ1) is 19.1. The molecule has 0 saturated carbocycles. The largest absolute Gasteiger partial charge is 0.354 e. The lowest BCUT2D eigenvalue weighted by atomic mass is 10.1. The minimum Gasteiger partial charge on any atom is -0.354 e. The molecule has 0 bridgehead atoms. The summed E-state index contributed by atoms with van der Waals surface area (Å²) < 4.78 is 29.0. The number of aryl methyl sites for hydroxylation is 2. The summed E-state index contributed by atoms with van der Waals surface area (Å²) >= 11 is 6.29. The molecule has 0 aliphatic heterocycles. The Labute approximate surface area is 243 Å². The Morgan fingerprint density at radius 1 is 0.925 bits per heavy atom. The molecule has 3 aromatic carbocycles. The van der Waals surface area contributed by atoms with Crippen molar-refractivity contribution in [3.63, 3.8) is 0 Å². The first-order valence-corrected chi connectivity index (χ1v) is 15.4. The minimum absolute atomic E-state index is 0.0528. The van der Waals surface area contributed by atoms with Crippen molar-refractivity contribution in [2.75, 3.05) is 17.4 Å². The highest BCUT2D eigenvalue weighted by atomic mass is 35.5. The quantitative estimate of drug-likeness (QED) is 0.255. The molecular formula is C31H38ClN3O4S. The number of hydrogen-bond acceptors (Lipinski definition) is 4. The standard InChI is InChI=1S/C31H38ClN3O4S/c1-5-7-19-33-31(37)28(6-2)34(21-25-14-12-11-13-23(25)3)30(36)22-35(29-20-26(32)18-17-24(29)4)40(38,39)27-15-9-8-10-16-27/h8-18,20,28H,5-7,19,21-22H2,1-4H3,(H,33,37). The van der Waals surface area contributed by atoms with Gasteiger partial charge >= 0.3 is 0 Å². The van der Waals surface area contributed by atoms with E-state index < -0.39 is 28.5 Å². The Balaban J connectivity index is 2.07. The molecular weight excluding hydrogens is 546 g/mol. The highest BCUT2D eigenvalue weighted by Gasteiger charge is 2.34. The molecule has 214 valence electrons. The molecule has 3 aromatic rings. The maximum absolute atomic E-state index is 14.2. The van der Waals surface area contributed by atoms with Gasteiger partial charge in [0.1, 0.15) is 12.6 Å². The maximum Gasteiger partial charge on any atom is 0.264 e. The van der Waals surface area contributed by atoms with Crippen LogP contribution in [0.3, 0.4) is 0 Å². The molecule has 0 radical (unpaired) electrons. The zero-order valence-electron chi connectivity index (χ0n) is 23.6. The van der Waals surface area contributed by atoms with Gasteiger partial charge in [-0.25, -0.2) is 8.42 Å². The summed E-state index contributed by atoms with van der Waals surface area (Å²) in [6.07, 6.45) is 2.12. The second-order valence-corrected chi connectivity index (χ2v) is 12.1. The molecule has 9 heteroatoms. The van der Waals surface area contributed by atoms with Crippen molar-refractivity contribution in [1.82, 2.24) is 10.2 Å². The zero-order valence-corrected chi connectivity index (χ0v) is 25.1. The van der Waals surface area contributed by atoms with E-state index in [9.17, 15) is 18.0 Å². The third-order valence-electron chi connectivity index (χ3n) is 6.87. The highest BCUT2D eigenvalue weighted by Crippen LogP contribution is 2.30. The van der Waals surface area contributed by atoms with Crippen LogP contribution in [0.5, 0.6) is 0 Å². The fourth-order valence-electron chi connectivity index (χ4n) is 4.48. The van der Waals surface area contributed by atoms with E-state index in [1.807, 2.05) is 45.0 Å². The molecule has 1 N–H and O–H groups in total. The highest BCUT2D eigenvalue weighted by molar-refractivity contribution is 7.92. The lowest BCUT2D eigenvalue weighted by Crippen LogP contribution is -2.52. The number of unbranched alkanes of at least 4 members (excludes halogenated alkanes) is 1. The number of rotatable bonds is 13. The monoisotopic (exact) mass is 583 g/mol. The molecule has 0 aromatic heterocycles. The van der Waals surface area contributed by atoms with E-state index in [4.69, 9.17) is 11.6 Å². The van der Waals surface area contributed by atoms with Gasteiger partial charge in [-0.3, -0.25) is 13.9 Å². The van der Waals surface area contributed by atoms with Crippen molar-refractivity contribution in [2.24, 2.45) is 0 Å². The van der Waals surface area contributed by atoms with E-state index in [2.05, 4.69) is 5.32 Å². The number of nitrogens with one attached hydrogen (secondary N) is 1. The van der Waals surface area contributed by atoms with Crippen LogP contribution in [0.1, 0.15) is 49.8 Å². The van der Waals surface area contributed by atoms with E-state index in [-0.39, 0.29) is 17.3 Å². The van der Waals surface area contributed by atoms with E-state index in [1.54, 1.807) is 43.3 Å². The predicted octanol–water partition coefficient (Wildman–Crippen LogP) is 5.88. The van der Waals surface area contributed by atoms with Gasteiger partial charge in [0.05, 0.1) is 10.6 Å². The van der Waals surface area contributed by atoms with E-state index in [0.717, 1.165) is 28.3 Å². The van der Waals surface area contributed by atoms with Gasteiger partial charge in [-0.15, -0.1) is 0 Å². The van der Waals surface area contributed by atoms with Crippen molar-refractivity contribution in [3.05, 3.63) is 94.5 Å².